The van der Waals surface area contributed by atoms with E-state index in [1.807, 2.05) is 72.8 Å². The molecule has 4 nitrogen and oxygen atoms in total. The summed E-state index contributed by atoms with van der Waals surface area (Å²) in [6.07, 6.45) is 1.24. The van der Waals surface area contributed by atoms with Crippen LogP contribution < -0.4 is 10.6 Å². The van der Waals surface area contributed by atoms with E-state index < -0.39 is 0 Å². The van der Waals surface area contributed by atoms with Crippen molar-refractivity contribution in [3.8, 4) is 11.5 Å². The monoisotopic (exact) mass is 556 g/mol. The SMILES string of the molecule is Cl.Oc1c(CNCCNCc2cc(Cl)cc(Cc3ccccc3)c2O)cc(Cl)cc1Cc1ccccc1. The number of nitrogens with one attached hydrogen (secondary N) is 2. The van der Waals surface area contributed by atoms with Gasteiger partial charge in [-0.25, -0.2) is 0 Å². The number of phenols is 2. The maximum atomic E-state index is 10.8. The Morgan fingerprint density at radius 2 is 0.892 bits per heavy atom. The Bertz CT molecular complexity index is 1180. The van der Waals surface area contributed by atoms with Crippen molar-refractivity contribution in [3.63, 3.8) is 0 Å². The maximum absolute atomic E-state index is 10.8. The van der Waals surface area contributed by atoms with Crippen LogP contribution in [0.4, 0.5) is 0 Å². The molecule has 0 saturated heterocycles. The molecule has 0 aromatic heterocycles. The summed E-state index contributed by atoms with van der Waals surface area (Å²) in [5.41, 5.74) is 5.40. The van der Waals surface area contributed by atoms with Crippen molar-refractivity contribution >= 4 is 35.6 Å². The van der Waals surface area contributed by atoms with Crippen LogP contribution >= 0.6 is 35.6 Å². The third-order valence-corrected chi connectivity index (χ3v) is 6.49. The van der Waals surface area contributed by atoms with Crippen LogP contribution in [-0.2, 0) is 25.9 Å². The van der Waals surface area contributed by atoms with E-state index in [-0.39, 0.29) is 23.9 Å². The van der Waals surface area contributed by atoms with Crippen LogP contribution in [0.3, 0.4) is 0 Å². The predicted octanol–water partition coefficient (Wildman–Crippen LogP) is 6.89. The fraction of sp³-hybridized carbons (Fsp3) is 0.200. The van der Waals surface area contributed by atoms with E-state index in [1.54, 1.807) is 12.1 Å². The Balaban J connectivity index is 0.00000380. The van der Waals surface area contributed by atoms with Gasteiger partial charge in [-0.15, -0.1) is 12.4 Å². The molecular weight excluding hydrogens is 527 g/mol. The fourth-order valence-electron chi connectivity index (χ4n) is 4.23. The number of hydrogen-bond donors (Lipinski definition) is 4. The third kappa shape index (κ3) is 8.39. The van der Waals surface area contributed by atoms with Gasteiger partial charge in [0.05, 0.1) is 0 Å². The lowest BCUT2D eigenvalue weighted by Crippen LogP contribution is -2.27. The van der Waals surface area contributed by atoms with Gasteiger partial charge in [-0.1, -0.05) is 83.9 Å². The summed E-state index contributed by atoms with van der Waals surface area (Å²) in [5, 5.41) is 29.4. The average molecular weight is 558 g/mol. The molecule has 194 valence electrons. The first-order valence-electron chi connectivity index (χ1n) is 12.0. The Labute approximate surface area is 234 Å². The zero-order valence-electron chi connectivity index (χ0n) is 20.4. The van der Waals surface area contributed by atoms with Crippen molar-refractivity contribution in [1.82, 2.24) is 10.6 Å². The molecule has 0 spiro atoms. The van der Waals surface area contributed by atoms with Gasteiger partial charge in [0.25, 0.3) is 0 Å². The molecule has 4 aromatic carbocycles. The summed E-state index contributed by atoms with van der Waals surface area (Å²) in [7, 11) is 0. The molecule has 0 fully saturated rings. The van der Waals surface area contributed by atoms with Crippen LogP contribution in [0.25, 0.3) is 0 Å². The lowest BCUT2D eigenvalue weighted by atomic mass is 10.0. The van der Waals surface area contributed by atoms with E-state index in [0.717, 1.165) is 33.4 Å². The minimum Gasteiger partial charge on any atom is -0.507 e. The fourth-order valence-corrected chi connectivity index (χ4v) is 4.76. The number of rotatable bonds is 11. The summed E-state index contributed by atoms with van der Waals surface area (Å²) in [4.78, 5) is 0. The van der Waals surface area contributed by atoms with Crippen LogP contribution in [0.15, 0.2) is 84.9 Å². The molecule has 0 radical (unpaired) electrons. The molecule has 0 aliphatic rings. The molecule has 7 heteroatoms. The molecule has 0 bridgehead atoms. The van der Waals surface area contributed by atoms with Crippen LogP contribution in [0, 0.1) is 0 Å². The molecule has 0 aliphatic carbocycles. The van der Waals surface area contributed by atoms with Gasteiger partial charge in [-0.2, -0.15) is 0 Å². The summed E-state index contributed by atoms with van der Waals surface area (Å²) >= 11 is 12.6. The molecular formula is C30H31Cl3N2O2. The van der Waals surface area contributed by atoms with Crippen molar-refractivity contribution in [1.29, 1.82) is 0 Å². The van der Waals surface area contributed by atoms with Gasteiger partial charge in [0, 0.05) is 71.3 Å². The number of aromatic hydroxyl groups is 2. The molecule has 0 aliphatic heterocycles. The zero-order chi connectivity index (χ0) is 25.3. The smallest absolute Gasteiger partial charge is 0.123 e. The molecule has 37 heavy (non-hydrogen) atoms. The van der Waals surface area contributed by atoms with Crippen LogP contribution in [0.2, 0.25) is 10.0 Å². The van der Waals surface area contributed by atoms with Gasteiger partial charge in [0.1, 0.15) is 11.5 Å². The first-order chi connectivity index (χ1) is 17.5. The molecule has 4 rings (SSSR count). The van der Waals surface area contributed by atoms with E-state index in [1.165, 1.54) is 0 Å². The van der Waals surface area contributed by atoms with Crippen LogP contribution in [0.1, 0.15) is 33.4 Å². The van der Waals surface area contributed by atoms with Gasteiger partial charge in [-0.05, 0) is 35.4 Å². The van der Waals surface area contributed by atoms with Crippen molar-refractivity contribution in [2.24, 2.45) is 0 Å². The minimum atomic E-state index is 0. The lowest BCUT2D eigenvalue weighted by molar-refractivity contribution is 0.455. The second-order valence-corrected chi connectivity index (χ2v) is 9.70. The summed E-state index contributed by atoms with van der Waals surface area (Å²) in [6.45, 7) is 2.36. The second kappa shape index (κ2) is 14.3. The number of benzene rings is 4. The molecule has 4 aromatic rings. The third-order valence-electron chi connectivity index (χ3n) is 6.05. The highest BCUT2D eigenvalue weighted by Gasteiger charge is 2.12. The van der Waals surface area contributed by atoms with E-state index in [2.05, 4.69) is 10.6 Å². The first-order valence-corrected chi connectivity index (χ1v) is 12.7. The number of halogens is 3. The van der Waals surface area contributed by atoms with E-state index >= 15 is 0 Å². The van der Waals surface area contributed by atoms with E-state index in [0.29, 0.717) is 49.1 Å². The highest BCUT2D eigenvalue weighted by atomic mass is 35.5. The van der Waals surface area contributed by atoms with Crippen LogP contribution in [-0.4, -0.2) is 23.3 Å². The van der Waals surface area contributed by atoms with Crippen molar-refractivity contribution in [2.45, 2.75) is 25.9 Å². The second-order valence-electron chi connectivity index (χ2n) is 8.82. The first kappa shape index (κ1) is 28.8. The highest BCUT2D eigenvalue weighted by Crippen LogP contribution is 2.30. The Kier molecular flexibility index (Phi) is 11.1. The normalized spacial score (nSPS) is 10.8. The Morgan fingerprint density at radius 1 is 0.541 bits per heavy atom. The minimum absolute atomic E-state index is 0. The average Bonchev–Trinajstić information content (AvgIpc) is 2.87. The molecule has 0 heterocycles. The lowest BCUT2D eigenvalue weighted by Gasteiger charge is -2.14. The predicted molar refractivity (Wildman–Crippen MR) is 155 cm³/mol. The van der Waals surface area contributed by atoms with Crippen LogP contribution in [0.5, 0.6) is 11.5 Å². The molecule has 0 atom stereocenters. The summed E-state index contributed by atoms with van der Waals surface area (Å²) in [5.74, 6) is 0.553. The quantitative estimate of drug-likeness (QED) is 0.152. The molecule has 4 N–H and O–H groups in total. The number of phenolic OH excluding ortho intramolecular Hbond substituents is 2. The Hall–Kier alpha value is -2.73. The summed E-state index contributed by atoms with van der Waals surface area (Å²) in [6, 6.07) is 27.3. The van der Waals surface area contributed by atoms with Crippen molar-refractivity contribution in [3.05, 3.63) is 128 Å². The van der Waals surface area contributed by atoms with Gasteiger partial charge in [0.2, 0.25) is 0 Å². The molecule has 0 amide bonds. The molecule has 0 unspecified atom stereocenters. The molecule has 0 saturated carbocycles. The van der Waals surface area contributed by atoms with E-state index in [4.69, 9.17) is 23.2 Å². The summed E-state index contributed by atoms with van der Waals surface area (Å²) < 4.78 is 0. The van der Waals surface area contributed by atoms with Crippen molar-refractivity contribution in [2.75, 3.05) is 13.1 Å². The number of hydrogen-bond acceptors (Lipinski definition) is 4. The van der Waals surface area contributed by atoms with Gasteiger partial charge < -0.3 is 20.8 Å². The van der Waals surface area contributed by atoms with Gasteiger partial charge in [-0.3, -0.25) is 0 Å². The van der Waals surface area contributed by atoms with Crippen molar-refractivity contribution < 1.29 is 10.2 Å². The van der Waals surface area contributed by atoms with Gasteiger partial charge >= 0.3 is 0 Å². The largest absolute Gasteiger partial charge is 0.507 e. The Morgan fingerprint density at radius 3 is 1.27 bits per heavy atom. The maximum Gasteiger partial charge on any atom is 0.123 e. The highest BCUT2D eigenvalue weighted by molar-refractivity contribution is 6.31. The topological polar surface area (TPSA) is 64.5 Å². The standard InChI is InChI=1S/C30H30Cl2N2O2.ClH/c31-27-15-23(13-21-7-3-1-4-8-21)29(35)25(17-27)19-33-11-12-34-20-26-18-28(32)16-24(30(26)36)14-22-9-5-2-6-10-22;/h1-10,15-18,33-36H,11-14,19-20H2;1H. The zero-order valence-corrected chi connectivity index (χ0v) is 22.7. The van der Waals surface area contributed by atoms with Gasteiger partial charge in [0.15, 0.2) is 0 Å². The van der Waals surface area contributed by atoms with E-state index in [9.17, 15) is 10.2 Å².